The minimum atomic E-state index is -1.19. The van der Waals surface area contributed by atoms with Gasteiger partial charge in [-0.3, -0.25) is 0 Å². The van der Waals surface area contributed by atoms with Crippen LogP contribution in [-0.2, 0) is 6.54 Å². The van der Waals surface area contributed by atoms with Gasteiger partial charge in [0.2, 0.25) is 0 Å². The second-order valence-electron chi connectivity index (χ2n) is 4.15. The van der Waals surface area contributed by atoms with Crippen molar-refractivity contribution in [1.82, 2.24) is 5.32 Å². The molecule has 0 aromatic heterocycles. The molecule has 1 saturated carbocycles. The summed E-state index contributed by atoms with van der Waals surface area (Å²) in [5.74, 6) is -3.03. The molecule has 0 unspecified atom stereocenters. The van der Waals surface area contributed by atoms with Crippen molar-refractivity contribution in [3.05, 3.63) is 35.1 Å². The fourth-order valence-electron chi connectivity index (χ4n) is 1.52. The van der Waals surface area contributed by atoms with Crippen LogP contribution in [0.3, 0.4) is 0 Å². The monoisotopic (exact) mass is 231 g/mol. The second-order valence-corrected chi connectivity index (χ2v) is 4.15. The van der Waals surface area contributed by atoms with E-state index in [0.29, 0.717) is 6.07 Å². The average Bonchev–Trinajstić information content (AvgIpc) is 3.02. The number of hydrogen-bond acceptors (Lipinski definition) is 2. The molecule has 1 fully saturated rings. The lowest BCUT2D eigenvalue weighted by Gasteiger charge is -2.14. The van der Waals surface area contributed by atoms with Crippen LogP contribution in [0.5, 0.6) is 0 Å². The van der Waals surface area contributed by atoms with E-state index >= 15 is 0 Å². The molecule has 0 spiro atoms. The van der Waals surface area contributed by atoms with Gasteiger partial charge >= 0.3 is 0 Å². The summed E-state index contributed by atoms with van der Waals surface area (Å²) in [7, 11) is 0. The lowest BCUT2D eigenvalue weighted by Crippen LogP contribution is -2.34. The van der Waals surface area contributed by atoms with Crippen LogP contribution in [0.4, 0.5) is 13.2 Å². The van der Waals surface area contributed by atoms with Crippen LogP contribution in [0, 0.1) is 17.5 Å². The van der Waals surface area contributed by atoms with Crippen molar-refractivity contribution in [2.45, 2.75) is 24.9 Å². The molecule has 2 N–H and O–H groups in total. The fraction of sp³-hybridized carbons (Fsp3) is 0.455. The highest BCUT2D eigenvalue weighted by atomic mass is 19.2. The molecule has 2 nitrogen and oxygen atoms in total. The summed E-state index contributed by atoms with van der Waals surface area (Å²) in [5.41, 5.74) is -0.282. The van der Waals surface area contributed by atoms with E-state index in [4.69, 9.17) is 5.11 Å². The number of benzene rings is 1. The first-order valence-corrected chi connectivity index (χ1v) is 5.06. The zero-order valence-corrected chi connectivity index (χ0v) is 8.56. The predicted molar refractivity (Wildman–Crippen MR) is 52.2 cm³/mol. The van der Waals surface area contributed by atoms with Gasteiger partial charge in [-0.05, 0) is 18.9 Å². The lowest BCUT2D eigenvalue weighted by atomic mass is 10.1. The molecule has 0 heterocycles. The normalized spacial score (nSPS) is 17.5. The Balaban J connectivity index is 2.07. The van der Waals surface area contributed by atoms with Crippen molar-refractivity contribution in [2.24, 2.45) is 0 Å². The molecule has 0 atom stereocenters. The molecular formula is C11H12F3NO. The zero-order chi connectivity index (χ0) is 11.8. The first kappa shape index (κ1) is 11.4. The molecule has 1 aliphatic rings. The first-order valence-electron chi connectivity index (χ1n) is 5.06. The van der Waals surface area contributed by atoms with E-state index in [0.717, 1.165) is 18.9 Å². The van der Waals surface area contributed by atoms with Crippen molar-refractivity contribution < 1.29 is 18.3 Å². The lowest BCUT2D eigenvalue weighted by molar-refractivity contribution is 0.229. The van der Waals surface area contributed by atoms with E-state index in [1.165, 1.54) is 0 Å². The molecular weight excluding hydrogens is 219 g/mol. The van der Waals surface area contributed by atoms with E-state index in [-0.39, 0.29) is 24.3 Å². The molecule has 5 heteroatoms. The van der Waals surface area contributed by atoms with Gasteiger partial charge in [-0.25, -0.2) is 13.2 Å². The van der Waals surface area contributed by atoms with Crippen molar-refractivity contribution >= 4 is 0 Å². The van der Waals surface area contributed by atoms with Crippen LogP contribution in [0.25, 0.3) is 0 Å². The van der Waals surface area contributed by atoms with Crippen LogP contribution >= 0.6 is 0 Å². The van der Waals surface area contributed by atoms with Crippen molar-refractivity contribution in [2.75, 3.05) is 6.61 Å². The van der Waals surface area contributed by atoms with Crippen molar-refractivity contribution in [1.29, 1.82) is 0 Å². The predicted octanol–water partition coefficient (Wildman–Crippen LogP) is 1.72. The fourth-order valence-corrected chi connectivity index (χ4v) is 1.52. The van der Waals surface area contributed by atoms with Gasteiger partial charge < -0.3 is 10.4 Å². The summed E-state index contributed by atoms with van der Waals surface area (Å²) in [4.78, 5) is 0. The summed E-state index contributed by atoms with van der Waals surface area (Å²) in [6.07, 6.45) is 1.63. The smallest absolute Gasteiger partial charge is 0.161 e. The third-order valence-electron chi connectivity index (χ3n) is 2.90. The summed E-state index contributed by atoms with van der Waals surface area (Å²) < 4.78 is 38.7. The maximum Gasteiger partial charge on any atom is 0.161 e. The van der Waals surface area contributed by atoms with Crippen LogP contribution in [0.2, 0.25) is 0 Å². The Morgan fingerprint density at radius 3 is 2.31 bits per heavy atom. The quantitative estimate of drug-likeness (QED) is 0.773. The Morgan fingerprint density at radius 1 is 1.12 bits per heavy atom. The summed E-state index contributed by atoms with van der Waals surface area (Å²) in [5, 5.41) is 12.0. The first-order chi connectivity index (χ1) is 7.56. The number of rotatable bonds is 4. The van der Waals surface area contributed by atoms with Crippen LogP contribution in [0.1, 0.15) is 18.4 Å². The third-order valence-corrected chi connectivity index (χ3v) is 2.90. The molecule has 1 aromatic carbocycles. The number of aliphatic hydroxyl groups excluding tert-OH is 1. The SMILES string of the molecule is OCC1(NCc2cc(F)c(F)cc2F)CC1. The average molecular weight is 231 g/mol. The molecule has 0 saturated heterocycles. The van der Waals surface area contributed by atoms with E-state index in [1.54, 1.807) is 0 Å². The Kier molecular flexibility index (Phi) is 2.90. The van der Waals surface area contributed by atoms with E-state index < -0.39 is 17.5 Å². The molecule has 0 amide bonds. The Labute approximate surface area is 91.1 Å². The minimum Gasteiger partial charge on any atom is -0.394 e. The van der Waals surface area contributed by atoms with Crippen LogP contribution in [0.15, 0.2) is 12.1 Å². The highest BCUT2D eigenvalue weighted by Crippen LogP contribution is 2.34. The van der Waals surface area contributed by atoms with Gasteiger partial charge in [0, 0.05) is 23.7 Å². The van der Waals surface area contributed by atoms with Crippen LogP contribution < -0.4 is 5.32 Å². The van der Waals surface area contributed by atoms with Crippen molar-refractivity contribution in [3.63, 3.8) is 0 Å². The molecule has 1 aromatic rings. The van der Waals surface area contributed by atoms with Gasteiger partial charge in [-0.15, -0.1) is 0 Å². The molecule has 88 valence electrons. The van der Waals surface area contributed by atoms with Crippen LogP contribution in [-0.4, -0.2) is 17.3 Å². The molecule has 1 aliphatic carbocycles. The zero-order valence-electron chi connectivity index (χ0n) is 8.56. The Bertz CT molecular complexity index is 404. The van der Waals surface area contributed by atoms with Gasteiger partial charge in [0.25, 0.3) is 0 Å². The topological polar surface area (TPSA) is 32.3 Å². The summed E-state index contributed by atoms with van der Waals surface area (Å²) >= 11 is 0. The van der Waals surface area contributed by atoms with E-state index in [1.807, 2.05) is 0 Å². The number of hydrogen-bond donors (Lipinski definition) is 2. The van der Waals surface area contributed by atoms with Gasteiger partial charge in [0.1, 0.15) is 5.82 Å². The maximum absolute atomic E-state index is 13.2. The number of halogens is 3. The molecule has 0 bridgehead atoms. The third kappa shape index (κ3) is 2.20. The molecule has 0 aliphatic heterocycles. The Hall–Kier alpha value is -1.07. The van der Waals surface area contributed by atoms with E-state index in [9.17, 15) is 13.2 Å². The highest BCUT2D eigenvalue weighted by molar-refractivity contribution is 5.20. The van der Waals surface area contributed by atoms with Gasteiger partial charge in [-0.2, -0.15) is 0 Å². The van der Waals surface area contributed by atoms with Gasteiger partial charge in [-0.1, -0.05) is 0 Å². The summed E-state index contributed by atoms with van der Waals surface area (Å²) in [6.45, 7) is 0.0574. The van der Waals surface area contributed by atoms with Crippen molar-refractivity contribution in [3.8, 4) is 0 Å². The number of aliphatic hydroxyl groups is 1. The molecule has 0 radical (unpaired) electrons. The molecule has 16 heavy (non-hydrogen) atoms. The largest absolute Gasteiger partial charge is 0.394 e. The summed E-state index contributed by atoms with van der Waals surface area (Å²) in [6, 6.07) is 1.37. The van der Waals surface area contributed by atoms with Gasteiger partial charge in [0.15, 0.2) is 11.6 Å². The standard InChI is InChI=1S/C11H12F3NO/c12-8-4-10(14)9(13)3-7(8)5-15-11(6-16)1-2-11/h3-4,15-16H,1-2,5-6H2. The molecule has 2 rings (SSSR count). The Morgan fingerprint density at radius 2 is 1.75 bits per heavy atom. The second kappa shape index (κ2) is 4.07. The minimum absolute atomic E-state index is 0.0295. The van der Waals surface area contributed by atoms with E-state index in [2.05, 4.69) is 5.32 Å². The maximum atomic E-state index is 13.2. The number of nitrogens with one attached hydrogen (secondary N) is 1. The van der Waals surface area contributed by atoms with Gasteiger partial charge in [0.05, 0.1) is 6.61 Å². The highest BCUT2D eigenvalue weighted by Gasteiger charge is 2.41.